The van der Waals surface area contributed by atoms with Gasteiger partial charge in [-0.05, 0) is 48.5 Å². The van der Waals surface area contributed by atoms with Crippen LogP contribution in [0.25, 0.3) is 16.9 Å². The number of benzene rings is 2. The molecule has 3 aromatic rings. The van der Waals surface area contributed by atoms with Gasteiger partial charge in [0.05, 0.1) is 18.2 Å². The van der Waals surface area contributed by atoms with E-state index in [1.807, 2.05) is 4.57 Å². The third-order valence-electron chi connectivity index (χ3n) is 2.88. The fraction of sp³-hybridized carbons (Fsp3) is 0. The number of rotatable bonds is 2. The summed E-state index contributed by atoms with van der Waals surface area (Å²) in [7, 11) is 0. The number of nitrogens with zero attached hydrogens (tertiary/aromatic N) is 2. The molecule has 2 nitrogen and oxygen atoms in total. The van der Waals surface area contributed by atoms with E-state index in [-0.39, 0.29) is 11.6 Å². The monoisotopic (exact) mass is 256 g/mol. The summed E-state index contributed by atoms with van der Waals surface area (Å²) < 4.78 is 27.7. The van der Waals surface area contributed by atoms with E-state index in [1.54, 1.807) is 36.8 Å². The molecule has 0 bridgehead atoms. The van der Waals surface area contributed by atoms with Gasteiger partial charge in [-0.25, -0.2) is 13.8 Å². The third kappa shape index (κ3) is 2.25. The Morgan fingerprint density at radius 1 is 0.789 bits per heavy atom. The van der Waals surface area contributed by atoms with Gasteiger partial charge in [0.15, 0.2) is 0 Å². The minimum absolute atomic E-state index is 0.281. The highest BCUT2D eigenvalue weighted by atomic mass is 19.1. The van der Waals surface area contributed by atoms with Gasteiger partial charge in [0, 0.05) is 11.3 Å². The van der Waals surface area contributed by atoms with Crippen LogP contribution in [0.4, 0.5) is 8.78 Å². The molecule has 0 aliphatic heterocycles. The van der Waals surface area contributed by atoms with Gasteiger partial charge in [-0.3, -0.25) is 4.57 Å². The molecule has 0 unspecified atom stereocenters. The maximum absolute atomic E-state index is 12.9. The molecule has 1 aromatic heterocycles. The normalized spacial score (nSPS) is 10.6. The number of hydrogen-bond donors (Lipinski definition) is 0. The molecule has 1 heterocycles. The maximum Gasteiger partial charge on any atom is 0.123 e. The van der Waals surface area contributed by atoms with E-state index in [2.05, 4.69) is 4.98 Å². The molecule has 0 saturated heterocycles. The van der Waals surface area contributed by atoms with Crippen LogP contribution >= 0.6 is 0 Å². The molecule has 3 rings (SSSR count). The van der Waals surface area contributed by atoms with Gasteiger partial charge >= 0.3 is 0 Å². The Labute approximate surface area is 109 Å². The van der Waals surface area contributed by atoms with Gasteiger partial charge < -0.3 is 0 Å². The summed E-state index contributed by atoms with van der Waals surface area (Å²) in [4.78, 5) is 4.10. The smallest absolute Gasteiger partial charge is 0.123 e. The van der Waals surface area contributed by atoms with Crippen LogP contribution in [0.5, 0.6) is 0 Å². The zero-order valence-corrected chi connectivity index (χ0v) is 9.92. The van der Waals surface area contributed by atoms with Crippen LogP contribution < -0.4 is 0 Å². The molecule has 0 fully saturated rings. The first-order chi connectivity index (χ1) is 9.24. The van der Waals surface area contributed by atoms with Crippen molar-refractivity contribution >= 4 is 0 Å². The van der Waals surface area contributed by atoms with E-state index in [0.29, 0.717) is 0 Å². The highest BCUT2D eigenvalue weighted by Gasteiger charge is 2.07. The largest absolute Gasteiger partial charge is 0.299 e. The Kier molecular flexibility index (Phi) is 2.83. The third-order valence-corrected chi connectivity index (χ3v) is 2.88. The van der Waals surface area contributed by atoms with Gasteiger partial charge in [0.25, 0.3) is 0 Å². The standard InChI is InChI=1S/C15H10F2N2/c16-12-3-1-11(2-4-12)15-9-18-10-19(15)14-7-5-13(17)6-8-14/h1-10H. The Morgan fingerprint density at radius 2 is 1.37 bits per heavy atom. The summed E-state index contributed by atoms with van der Waals surface area (Å²) in [6.07, 6.45) is 3.34. The van der Waals surface area contributed by atoms with Crippen LogP contribution in [0.15, 0.2) is 61.1 Å². The summed E-state index contributed by atoms with van der Waals surface area (Å²) >= 11 is 0. The molecule has 94 valence electrons. The first-order valence-corrected chi connectivity index (χ1v) is 5.78. The number of halogens is 2. The molecular formula is C15H10F2N2. The Hall–Kier alpha value is -2.49. The molecule has 0 aliphatic carbocycles. The number of hydrogen-bond acceptors (Lipinski definition) is 1. The van der Waals surface area contributed by atoms with Gasteiger partial charge in [-0.1, -0.05) is 0 Å². The average Bonchev–Trinajstić information content (AvgIpc) is 2.90. The van der Waals surface area contributed by atoms with Crippen LogP contribution in [0.1, 0.15) is 0 Å². The van der Waals surface area contributed by atoms with Crippen LogP contribution in [0.2, 0.25) is 0 Å². The SMILES string of the molecule is Fc1ccc(-c2cncn2-c2ccc(F)cc2)cc1. The van der Waals surface area contributed by atoms with E-state index < -0.39 is 0 Å². The molecule has 0 atom stereocenters. The average molecular weight is 256 g/mol. The van der Waals surface area contributed by atoms with Crippen molar-refractivity contribution < 1.29 is 8.78 Å². The van der Waals surface area contributed by atoms with Crippen LogP contribution in [-0.4, -0.2) is 9.55 Å². The summed E-state index contributed by atoms with van der Waals surface area (Å²) in [5.74, 6) is -0.566. The van der Waals surface area contributed by atoms with Crippen molar-refractivity contribution in [3.8, 4) is 16.9 Å². The van der Waals surface area contributed by atoms with Crippen LogP contribution in [0, 0.1) is 11.6 Å². The second kappa shape index (κ2) is 4.65. The van der Waals surface area contributed by atoms with Crippen molar-refractivity contribution in [2.24, 2.45) is 0 Å². The first-order valence-electron chi connectivity index (χ1n) is 5.78. The quantitative estimate of drug-likeness (QED) is 0.681. The van der Waals surface area contributed by atoms with E-state index in [0.717, 1.165) is 16.9 Å². The lowest BCUT2D eigenvalue weighted by Gasteiger charge is -2.08. The predicted octanol–water partition coefficient (Wildman–Crippen LogP) is 3.82. The molecule has 0 radical (unpaired) electrons. The Morgan fingerprint density at radius 3 is 2.00 bits per heavy atom. The maximum atomic E-state index is 12.9. The lowest BCUT2D eigenvalue weighted by atomic mass is 10.1. The molecule has 19 heavy (non-hydrogen) atoms. The van der Waals surface area contributed by atoms with Crippen LogP contribution in [0.3, 0.4) is 0 Å². The summed E-state index contributed by atoms with van der Waals surface area (Å²) in [6.45, 7) is 0. The Balaban J connectivity index is 2.07. The Bertz CT molecular complexity index is 625. The lowest BCUT2D eigenvalue weighted by Crippen LogP contribution is -1.95. The van der Waals surface area contributed by atoms with E-state index in [9.17, 15) is 8.78 Å². The molecule has 4 heteroatoms. The van der Waals surface area contributed by atoms with Gasteiger partial charge in [-0.15, -0.1) is 0 Å². The second-order valence-corrected chi connectivity index (χ2v) is 4.13. The summed E-state index contributed by atoms with van der Waals surface area (Å²) in [6, 6.07) is 12.3. The molecule has 0 spiro atoms. The number of aromatic nitrogens is 2. The van der Waals surface area contributed by atoms with E-state index in [4.69, 9.17) is 0 Å². The fourth-order valence-electron chi connectivity index (χ4n) is 1.94. The fourth-order valence-corrected chi connectivity index (χ4v) is 1.94. The molecular weight excluding hydrogens is 246 g/mol. The minimum Gasteiger partial charge on any atom is -0.299 e. The van der Waals surface area contributed by atoms with Gasteiger partial charge in [0.2, 0.25) is 0 Å². The summed E-state index contributed by atoms with van der Waals surface area (Å²) in [5, 5.41) is 0. The van der Waals surface area contributed by atoms with Crippen molar-refractivity contribution in [2.45, 2.75) is 0 Å². The van der Waals surface area contributed by atoms with E-state index >= 15 is 0 Å². The van der Waals surface area contributed by atoms with Gasteiger partial charge in [0.1, 0.15) is 11.6 Å². The molecule has 2 aromatic carbocycles. The van der Waals surface area contributed by atoms with Crippen molar-refractivity contribution in [1.82, 2.24) is 9.55 Å². The molecule has 0 amide bonds. The zero-order chi connectivity index (χ0) is 13.2. The highest BCUT2D eigenvalue weighted by molar-refractivity contribution is 5.61. The zero-order valence-electron chi connectivity index (χ0n) is 9.92. The molecule has 0 saturated carbocycles. The molecule has 0 N–H and O–H groups in total. The van der Waals surface area contributed by atoms with Crippen molar-refractivity contribution in [2.75, 3.05) is 0 Å². The van der Waals surface area contributed by atoms with Crippen molar-refractivity contribution in [3.05, 3.63) is 72.7 Å². The highest BCUT2D eigenvalue weighted by Crippen LogP contribution is 2.22. The van der Waals surface area contributed by atoms with E-state index in [1.165, 1.54) is 24.3 Å². The van der Waals surface area contributed by atoms with Crippen LogP contribution in [-0.2, 0) is 0 Å². The predicted molar refractivity (Wildman–Crippen MR) is 68.9 cm³/mol. The number of imidazole rings is 1. The van der Waals surface area contributed by atoms with Crippen molar-refractivity contribution in [1.29, 1.82) is 0 Å². The molecule has 0 aliphatic rings. The second-order valence-electron chi connectivity index (χ2n) is 4.13. The topological polar surface area (TPSA) is 17.8 Å². The van der Waals surface area contributed by atoms with Crippen molar-refractivity contribution in [3.63, 3.8) is 0 Å². The lowest BCUT2D eigenvalue weighted by molar-refractivity contribution is 0.627. The van der Waals surface area contributed by atoms with Gasteiger partial charge in [-0.2, -0.15) is 0 Å². The minimum atomic E-state index is -0.285. The summed E-state index contributed by atoms with van der Waals surface area (Å²) in [5.41, 5.74) is 2.48. The first kappa shape index (κ1) is 11.6.